The van der Waals surface area contributed by atoms with E-state index < -0.39 is 17.9 Å². The third-order valence-corrected chi connectivity index (χ3v) is 4.76. The lowest BCUT2D eigenvalue weighted by Gasteiger charge is -2.22. The van der Waals surface area contributed by atoms with Gasteiger partial charge in [-0.2, -0.15) is 0 Å². The number of fused-ring (bicyclic) bond motifs is 1. The van der Waals surface area contributed by atoms with Gasteiger partial charge in [-0.1, -0.05) is 48.0 Å². The van der Waals surface area contributed by atoms with Crippen LogP contribution in [0.1, 0.15) is 31.0 Å². The van der Waals surface area contributed by atoms with Crippen molar-refractivity contribution in [2.75, 3.05) is 4.90 Å². The Morgan fingerprint density at radius 1 is 1.07 bits per heavy atom. The summed E-state index contributed by atoms with van der Waals surface area (Å²) in [6.07, 6.45) is 0. The van der Waals surface area contributed by atoms with Crippen LogP contribution in [0, 0.1) is 0 Å². The van der Waals surface area contributed by atoms with E-state index in [2.05, 4.69) is 10.6 Å². The van der Waals surface area contributed by atoms with Gasteiger partial charge in [-0.15, -0.1) is 0 Å². The van der Waals surface area contributed by atoms with Crippen LogP contribution in [-0.4, -0.2) is 23.8 Å². The molecule has 2 aromatic carbocycles. The summed E-state index contributed by atoms with van der Waals surface area (Å²) in [5, 5.41) is 5.58. The summed E-state index contributed by atoms with van der Waals surface area (Å²) in [6, 6.07) is 13.4. The van der Waals surface area contributed by atoms with Crippen LogP contribution < -0.4 is 15.5 Å². The van der Waals surface area contributed by atoms with Crippen LogP contribution in [0.15, 0.2) is 48.5 Å². The van der Waals surface area contributed by atoms with E-state index in [9.17, 15) is 14.4 Å². The standard InChI is InChI=1S/C20H20ClN3O3/c1-12(2)24-16-10-6-4-8-14(16)17(20(24)27)23-19(26)18(25)22-11-13-7-3-5-9-15(13)21/h3-10,12,17H,11H2,1-2H3,(H,22,25)(H,23,26)/t17-/m0/s1. The van der Waals surface area contributed by atoms with Gasteiger partial charge in [-0.25, -0.2) is 0 Å². The average Bonchev–Trinajstić information content (AvgIpc) is 2.92. The minimum atomic E-state index is -0.873. The molecule has 0 spiro atoms. The predicted octanol–water partition coefficient (Wildman–Crippen LogP) is 2.57. The first kappa shape index (κ1) is 18.9. The SMILES string of the molecule is CC(C)N1C(=O)[C@@H](NC(=O)C(=O)NCc2ccccc2Cl)c2ccccc21. The molecule has 1 atom stereocenters. The van der Waals surface area contributed by atoms with E-state index in [0.717, 1.165) is 5.69 Å². The zero-order chi connectivity index (χ0) is 19.6. The zero-order valence-electron chi connectivity index (χ0n) is 15.0. The molecule has 0 saturated heterocycles. The van der Waals surface area contributed by atoms with Gasteiger partial charge >= 0.3 is 11.8 Å². The van der Waals surface area contributed by atoms with Crippen molar-refractivity contribution < 1.29 is 14.4 Å². The van der Waals surface area contributed by atoms with Gasteiger partial charge in [0, 0.05) is 28.9 Å². The predicted molar refractivity (Wildman–Crippen MR) is 103 cm³/mol. The summed E-state index contributed by atoms with van der Waals surface area (Å²) in [7, 11) is 0. The molecule has 0 aromatic heterocycles. The van der Waals surface area contributed by atoms with E-state index in [-0.39, 0.29) is 18.5 Å². The molecule has 0 bridgehead atoms. The molecule has 0 radical (unpaired) electrons. The molecule has 0 aliphatic carbocycles. The molecule has 6 nitrogen and oxygen atoms in total. The number of para-hydroxylation sites is 1. The van der Waals surface area contributed by atoms with Crippen LogP contribution in [0.5, 0.6) is 0 Å². The Bertz CT molecular complexity index is 898. The van der Waals surface area contributed by atoms with Crippen molar-refractivity contribution in [1.29, 1.82) is 0 Å². The van der Waals surface area contributed by atoms with Crippen molar-refractivity contribution in [2.24, 2.45) is 0 Å². The Kier molecular flexibility index (Phi) is 5.46. The summed E-state index contributed by atoms with van der Waals surface area (Å²) in [5.41, 5.74) is 2.14. The number of carbonyl (C=O) groups excluding carboxylic acids is 3. The highest BCUT2D eigenvalue weighted by molar-refractivity contribution is 6.36. The molecule has 2 N–H and O–H groups in total. The molecule has 3 rings (SSSR count). The largest absolute Gasteiger partial charge is 0.344 e. The second kappa shape index (κ2) is 7.80. The van der Waals surface area contributed by atoms with E-state index in [1.807, 2.05) is 26.0 Å². The fourth-order valence-electron chi connectivity index (χ4n) is 3.11. The van der Waals surface area contributed by atoms with E-state index in [0.29, 0.717) is 16.1 Å². The molecule has 7 heteroatoms. The molecule has 27 heavy (non-hydrogen) atoms. The molecule has 0 fully saturated rings. The van der Waals surface area contributed by atoms with Crippen molar-refractivity contribution in [3.8, 4) is 0 Å². The van der Waals surface area contributed by atoms with Crippen LogP contribution in [-0.2, 0) is 20.9 Å². The molecule has 2 aromatic rings. The number of rotatable bonds is 4. The molecule has 140 valence electrons. The maximum atomic E-state index is 12.7. The maximum Gasteiger partial charge on any atom is 0.310 e. The number of nitrogens with one attached hydrogen (secondary N) is 2. The van der Waals surface area contributed by atoms with Crippen molar-refractivity contribution in [3.63, 3.8) is 0 Å². The lowest BCUT2D eigenvalue weighted by Crippen LogP contribution is -2.45. The summed E-state index contributed by atoms with van der Waals surface area (Å²) in [6.45, 7) is 3.92. The third kappa shape index (κ3) is 3.80. The number of benzene rings is 2. The van der Waals surface area contributed by atoms with Crippen molar-refractivity contribution in [1.82, 2.24) is 10.6 Å². The van der Waals surface area contributed by atoms with Gasteiger partial charge in [0.2, 0.25) is 0 Å². The number of nitrogens with zero attached hydrogens (tertiary/aromatic N) is 1. The van der Waals surface area contributed by atoms with Crippen molar-refractivity contribution in [2.45, 2.75) is 32.5 Å². The Morgan fingerprint density at radius 3 is 2.44 bits per heavy atom. The first-order chi connectivity index (χ1) is 12.9. The van der Waals surface area contributed by atoms with Gasteiger partial charge in [-0.05, 0) is 31.5 Å². The van der Waals surface area contributed by atoms with Crippen LogP contribution >= 0.6 is 11.6 Å². The Morgan fingerprint density at radius 2 is 1.74 bits per heavy atom. The van der Waals surface area contributed by atoms with E-state index >= 15 is 0 Å². The van der Waals surface area contributed by atoms with Crippen LogP contribution in [0.3, 0.4) is 0 Å². The van der Waals surface area contributed by atoms with Gasteiger partial charge in [-0.3, -0.25) is 14.4 Å². The lowest BCUT2D eigenvalue weighted by molar-refractivity contribution is -0.140. The highest BCUT2D eigenvalue weighted by atomic mass is 35.5. The number of hydrogen-bond donors (Lipinski definition) is 2. The highest BCUT2D eigenvalue weighted by Gasteiger charge is 2.39. The molecule has 1 aliphatic rings. The summed E-state index contributed by atoms with van der Waals surface area (Å²) < 4.78 is 0. The zero-order valence-corrected chi connectivity index (χ0v) is 15.8. The average molecular weight is 386 g/mol. The molecule has 1 aliphatic heterocycles. The summed E-state index contributed by atoms with van der Waals surface area (Å²) in [5.74, 6) is -1.93. The van der Waals surface area contributed by atoms with Gasteiger partial charge in [0.1, 0.15) is 6.04 Å². The smallest absolute Gasteiger partial charge is 0.310 e. The van der Waals surface area contributed by atoms with Gasteiger partial charge < -0.3 is 15.5 Å². The number of amides is 3. The number of carbonyl (C=O) groups is 3. The minimum absolute atomic E-state index is 0.0606. The normalized spacial score (nSPS) is 15.6. The first-order valence-electron chi connectivity index (χ1n) is 8.64. The van der Waals surface area contributed by atoms with E-state index in [1.54, 1.807) is 41.3 Å². The molecular weight excluding hydrogens is 366 g/mol. The molecule has 0 saturated carbocycles. The first-order valence-corrected chi connectivity index (χ1v) is 9.02. The second-order valence-corrected chi connectivity index (χ2v) is 6.95. The summed E-state index contributed by atoms with van der Waals surface area (Å²) in [4.78, 5) is 38.8. The second-order valence-electron chi connectivity index (χ2n) is 6.54. The van der Waals surface area contributed by atoms with Crippen LogP contribution in [0.2, 0.25) is 5.02 Å². The number of anilines is 1. The quantitative estimate of drug-likeness (QED) is 0.794. The summed E-state index contributed by atoms with van der Waals surface area (Å²) >= 11 is 6.04. The number of hydrogen-bond acceptors (Lipinski definition) is 3. The fraction of sp³-hybridized carbons (Fsp3) is 0.250. The Balaban J connectivity index is 1.69. The van der Waals surface area contributed by atoms with E-state index in [4.69, 9.17) is 11.6 Å². The van der Waals surface area contributed by atoms with Crippen LogP contribution in [0.25, 0.3) is 0 Å². The molecular formula is C20H20ClN3O3. The van der Waals surface area contributed by atoms with E-state index in [1.165, 1.54) is 0 Å². The van der Waals surface area contributed by atoms with Crippen molar-refractivity contribution in [3.05, 3.63) is 64.7 Å². The van der Waals surface area contributed by atoms with Gasteiger partial charge in [0.25, 0.3) is 5.91 Å². The maximum absolute atomic E-state index is 12.7. The third-order valence-electron chi connectivity index (χ3n) is 4.39. The topological polar surface area (TPSA) is 78.5 Å². The monoisotopic (exact) mass is 385 g/mol. The molecule has 0 unspecified atom stereocenters. The van der Waals surface area contributed by atoms with Gasteiger partial charge in [0.15, 0.2) is 0 Å². The highest BCUT2D eigenvalue weighted by Crippen LogP contribution is 2.36. The van der Waals surface area contributed by atoms with Gasteiger partial charge in [0.05, 0.1) is 0 Å². The molecule has 1 heterocycles. The molecule has 3 amide bonds. The van der Waals surface area contributed by atoms with Crippen LogP contribution in [0.4, 0.5) is 5.69 Å². The fourth-order valence-corrected chi connectivity index (χ4v) is 3.31. The Labute approximate surface area is 162 Å². The number of halogens is 1. The lowest BCUT2D eigenvalue weighted by atomic mass is 10.1. The Hall–Kier alpha value is -2.86. The van der Waals surface area contributed by atoms with Crippen molar-refractivity contribution >= 4 is 35.0 Å². The minimum Gasteiger partial charge on any atom is -0.344 e.